The first-order valence-electron chi connectivity index (χ1n) is 18.6. The third-order valence-electron chi connectivity index (χ3n) is 12.0. The van der Waals surface area contributed by atoms with Crippen molar-refractivity contribution < 1.29 is 27.5 Å². The molecule has 3 fully saturated rings. The number of carbonyl (C=O) groups is 1. The summed E-state index contributed by atoms with van der Waals surface area (Å²) in [6.45, 7) is 12.2. The molecule has 1 aromatic carbocycles. The van der Waals surface area contributed by atoms with Gasteiger partial charge in [0.15, 0.2) is 17.5 Å². The number of carbonyl (C=O) groups excluding carboxylic acids is 1. The standard InChI is InChI=1S/C39H46F4N8O2/c1-21(2)50-20-45-28-16-26(46-33(31(28)50)47-27-14-22(13-25(40)30(27)41)34(52)48-39(9-10-39)35(42)43)23-15-29-32(44-19-23)37(3,4)36(53)51(29)24-17-38(5,18-24)49-11-7-6-8-12-49/h13-16,19-21,24,34-35,48,52H,6-12,17-18H2,1-5H3,(H,46,47)/t24-,34?,38+. The molecule has 4 aliphatic rings. The predicted molar refractivity (Wildman–Crippen MR) is 194 cm³/mol. The Balaban J connectivity index is 1.16. The van der Waals surface area contributed by atoms with Crippen LogP contribution in [-0.2, 0) is 10.2 Å². The molecule has 10 nitrogen and oxygen atoms in total. The zero-order valence-corrected chi connectivity index (χ0v) is 30.7. The van der Waals surface area contributed by atoms with Crippen LogP contribution in [0.1, 0.15) is 103 Å². The Bertz CT molecular complexity index is 2090. The maximum Gasteiger partial charge on any atom is 0.256 e. The van der Waals surface area contributed by atoms with Gasteiger partial charge >= 0.3 is 0 Å². The van der Waals surface area contributed by atoms with Gasteiger partial charge in [-0.15, -0.1) is 0 Å². The molecule has 1 unspecified atom stereocenters. The third-order valence-corrected chi connectivity index (χ3v) is 12.0. The molecule has 1 saturated heterocycles. The summed E-state index contributed by atoms with van der Waals surface area (Å²) in [6.07, 6.45) is 4.64. The van der Waals surface area contributed by atoms with Crippen molar-refractivity contribution in [3.05, 3.63) is 59.7 Å². The predicted octanol–water partition coefficient (Wildman–Crippen LogP) is 7.51. The van der Waals surface area contributed by atoms with Gasteiger partial charge in [0.05, 0.1) is 45.6 Å². The van der Waals surface area contributed by atoms with Crippen LogP contribution in [0.25, 0.3) is 22.3 Å². The highest BCUT2D eigenvalue weighted by molar-refractivity contribution is 6.08. The molecule has 0 bridgehead atoms. The van der Waals surface area contributed by atoms with Gasteiger partial charge in [0.2, 0.25) is 5.91 Å². The van der Waals surface area contributed by atoms with Crippen molar-refractivity contribution >= 4 is 34.1 Å². The number of amides is 1. The molecule has 53 heavy (non-hydrogen) atoms. The van der Waals surface area contributed by atoms with Crippen LogP contribution in [0.5, 0.6) is 0 Å². The monoisotopic (exact) mass is 734 g/mol. The van der Waals surface area contributed by atoms with Gasteiger partial charge in [-0.25, -0.2) is 27.5 Å². The molecule has 0 spiro atoms. The second-order valence-corrected chi connectivity index (χ2v) is 16.5. The molecule has 3 aromatic heterocycles. The number of aliphatic hydroxyl groups excluding tert-OH is 1. The van der Waals surface area contributed by atoms with E-state index in [1.807, 2.05) is 43.2 Å². The molecular weight excluding hydrogens is 688 g/mol. The van der Waals surface area contributed by atoms with Gasteiger partial charge in [-0.3, -0.25) is 20.0 Å². The molecule has 8 rings (SSSR count). The Morgan fingerprint density at radius 1 is 0.981 bits per heavy atom. The van der Waals surface area contributed by atoms with E-state index in [4.69, 9.17) is 9.97 Å². The van der Waals surface area contributed by atoms with Crippen LogP contribution in [0.15, 0.2) is 36.8 Å². The van der Waals surface area contributed by atoms with Crippen molar-refractivity contribution in [1.82, 2.24) is 29.7 Å². The normalized spacial score (nSPS) is 24.2. The minimum atomic E-state index is -2.73. The Morgan fingerprint density at radius 3 is 2.36 bits per heavy atom. The average molecular weight is 735 g/mol. The van der Waals surface area contributed by atoms with Gasteiger partial charge in [-0.05, 0) is 110 Å². The zero-order valence-electron chi connectivity index (χ0n) is 30.7. The number of alkyl halides is 2. The number of rotatable bonds is 10. The molecule has 5 heterocycles. The Kier molecular flexibility index (Phi) is 8.61. The number of nitrogens with zero attached hydrogens (tertiary/aromatic N) is 6. The first kappa shape index (κ1) is 35.9. The van der Waals surface area contributed by atoms with Crippen LogP contribution in [0, 0.1) is 11.6 Å². The lowest BCUT2D eigenvalue weighted by molar-refractivity contribution is -0.123. The van der Waals surface area contributed by atoms with E-state index in [-0.39, 0.29) is 53.4 Å². The lowest BCUT2D eigenvalue weighted by Gasteiger charge is -2.55. The summed E-state index contributed by atoms with van der Waals surface area (Å²) in [5.41, 5.74) is 0.774. The molecule has 2 aliphatic carbocycles. The third kappa shape index (κ3) is 5.97. The highest BCUT2D eigenvalue weighted by Crippen LogP contribution is 2.50. The van der Waals surface area contributed by atoms with Crippen LogP contribution < -0.4 is 15.5 Å². The molecule has 0 radical (unpaired) electrons. The summed E-state index contributed by atoms with van der Waals surface area (Å²) in [6, 6.07) is 5.67. The fraction of sp³-hybridized carbons (Fsp3) is 0.538. The summed E-state index contributed by atoms with van der Waals surface area (Å²) in [4.78, 5) is 32.9. The van der Waals surface area contributed by atoms with Crippen LogP contribution in [0.2, 0.25) is 0 Å². The van der Waals surface area contributed by atoms with Crippen LogP contribution in [0.4, 0.5) is 34.8 Å². The van der Waals surface area contributed by atoms with E-state index >= 15 is 8.78 Å². The maximum absolute atomic E-state index is 15.4. The molecule has 1 atom stereocenters. The van der Waals surface area contributed by atoms with Crippen LogP contribution >= 0.6 is 0 Å². The van der Waals surface area contributed by atoms with Crippen molar-refractivity contribution in [1.29, 1.82) is 0 Å². The van der Waals surface area contributed by atoms with Crippen molar-refractivity contribution in [2.24, 2.45) is 0 Å². The fourth-order valence-electron chi connectivity index (χ4n) is 8.55. The average Bonchev–Trinajstić information content (AvgIpc) is 3.72. The Hall–Kier alpha value is -4.14. The first-order valence-corrected chi connectivity index (χ1v) is 18.6. The smallest absolute Gasteiger partial charge is 0.256 e. The van der Waals surface area contributed by atoms with Gasteiger partial charge in [-0.2, -0.15) is 0 Å². The number of pyridine rings is 2. The van der Waals surface area contributed by atoms with Crippen LogP contribution in [-0.4, -0.2) is 72.1 Å². The van der Waals surface area contributed by atoms with E-state index < -0.39 is 35.2 Å². The molecule has 4 aromatic rings. The number of piperidine rings is 1. The topological polar surface area (TPSA) is 111 Å². The molecule has 282 valence electrons. The number of aliphatic hydroxyl groups is 1. The van der Waals surface area contributed by atoms with E-state index in [1.54, 1.807) is 18.6 Å². The summed E-state index contributed by atoms with van der Waals surface area (Å²) in [5, 5.41) is 16.2. The molecule has 2 saturated carbocycles. The maximum atomic E-state index is 15.4. The second-order valence-electron chi connectivity index (χ2n) is 16.5. The summed E-state index contributed by atoms with van der Waals surface area (Å²) in [5.74, 6) is -2.31. The number of imidazole rings is 1. The van der Waals surface area contributed by atoms with E-state index in [1.165, 1.54) is 25.3 Å². The van der Waals surface area contributed by atoms with Crippen molar-refractivity contribution in [3.8, 4) is 11.3 Å². The largest absolute Gasteiger partial charge is 0.374 e. The Morgan fingerprint density at radius 2 is 1.70 bits per heavy atom. The van der Waals surface area contributed by atoms with E-state index in [2.05, 4.69) is 27.4 Å². The fourth-order valence-corrected chi connectivity index (χ4v) is 8.55. The van der Waals surface area contributed by atoms with Gasteiger partial charge in [-0.1, -0.05) is 6.42 Å². The lowest BCUT2D eigenvalue weighted by atomic mass is 9.71. The number of fused-ring (bicyclic) bond motifs is 2. The highest BCUT2D eigenvalue weighted by Gasteiger charge is 2.55. The number of halogens is 4. The molecular formula is C39H46F4N8O2. The number of hydrogen-bond donors (Lipinski definition) is 3. The van der Waals surface area contributed by atoms with Gasteiger partial charge in [0, 0.05) is 34.9 Å². The molecule has 14 heteroatoms. The minimum absolute atomic E-state index is 0.0134. The lowest BCUT2D eigenvalue weighted by Crippen LogP contribution is -2.64. The second kappa shape index (κ2) is 12.7. The van der Waals surface area contributed by atoms with Crippen molar-refractivity contribution in [3.63, 3.8) is 0 Å². The van der Waals surface area contributed by atoms with Crippen molar-refractivity contribution in [2.75, 3.05) is 23.3 Å². The van der Waals surface area contributed by atoms with Crippen molar-refractivity contribution in [2.45, 2.75) is 121 Å². The van der Waals surface area contributed by atoms with E-state index in [0.29, 0.717) is 28.0 Å². The van der Waals surface area contributed by atoms with Gasteiger partial charge < -0.3 is 19.9 Å². The summed E-state index contributed by atoms with van der Waals surface area (Å²) < 4.78 is 59.6. The summed E-state index contributed by atoms with van der Waals surface area (Å²) >= 11 is 0. The summed E-state index contributed by atoms with van der Waals surface area (Å²) in [7, 11) is 0. The Labute approximate surface area is 306 Å². The van der Waals surface area contributed by atoms with Gasteiger partial charge in [0.1, 0.15) is 11.7 Å². The number of likely N-dealkylation sites (tertiary alicyclic amines) is 1. The number of benzene rings is 1. The van der Waals surface area contributed by atoms with Gasteiger partial charge in [0.25, 0.3) is 6.43 Å². The quantitative estimate of drug-likeness (QED) is 0.114. The minimum Gasteiger partial charge on any atom is -0.374 e. The number of aromatic nitrogens is 4. The number of hydrogen-bond acceptors (Lipinski definition) is 8. The van der Waals surface area contributed by atoms with E-state index in [9.17, 15) is 18.7 Å². The zero-order chi connectivity index (χ0) is 37.6. The van der Waals surface area contributed by atoms with Crippen LogP contribution in [0.3, 0.4) is 0 Å². The molecule has 2 aliphatic heterocycles. The number of nitrogens with one attached hydrogen (secondary N) is 2. The first-order chi connectivity index (χ1) is 25.1. The molecule has 3 N–H and O–H groups in total. The molecule has 1 amide bonds. The van der Waals surface area contributed by atoms with E-state index in [0.717, 1.165) is 37.7 Å². The highest BCUT2D eigenvalue weighted by atomic mass is 19.3. The SMILES string of the molecule is CC(C)n1cnc2cc(-c3cnc4c(c3)N([C@H]3C[C@@](C)(N5CCCCC5)C3)C(=O)C4(C)C)nc(Nc3cc(C(O)NC4(C(F)F)CC4)cc(F)c3F)c21. The number of anilines is 3.